The highest BCUT2D eigenvalue weighted by atomic mass is 16.3. The lowest BCUT2D eigenvalue weighted by Gasteiger charge is -2.65. The molecule has 4 aliphatic carbocycles. The van der Waals surface area contributed by atoms with Gasteiger partial charge >= 0.3 is 0 Å². The van der Waals surface area contributed by atoms with Crippen LogP contribution in [0.15, 0.2) is 0 Å². The SMILES string of the molecule is CCC(O)CNC12CC3CC(C)(CC(C)(C3)C1)C2. The molecule has 0 heterocycles. The van der Waals surface area contributed by atoms with Gasteiger partial charge in [-0.2, -0.15) is 0 Å². The van der Waals surface area contributed by atoms with Crippen molar-refractivity contribution < 1.29 is 5.11 Å². The summed E-state index contributed by atoms with van der Waals surface area (Å²) in [6.45, 7) is 7.86. The maximum Gasteiger partial charge on any atom is 0.0662 e. The van der Waals surface area contributed by atoms with E-state index in [0.717, 1.165) is 18.9 Å². The molecule has 0 aromatic carbocycles. The van der Waals surface area contributed by atoms with E-state index in [4.69, 9.17) is 0 Å². The summed E-state index contributed by atoms with van der Waals surface area (Å²) < 4.78 is 0. The topological polar surface area (TPSA) is 32.3 Å². The Labute approximate surface area is 112 Å². The van der Waals surface area contributed by atoms with Gasteiger partial charge in [-0.1, -0.05) is 20.8 Å². The van der Waals surface area contributed by atoms with Gasteiger partial charge in [0, 0.05) is 12.1 Å². The van der Waals surface area contributed by atoms with Crippen LogP contribution in [0.4, 0.5) is 0 Å². The normalized spacial score (nSPS) is 51.7. The first-order valence-corrected chi connectivity index (χ1v) is 7.79. The highest BCUT2D eigenvalue weighted by Gasteiger charge is 2.59. The Kier molecular flexibility index (Phi) is 2.84. The van der Waals surface area contributed by atoms with Gasteiger partial charge in [0.15, 0.2) is 0 Å². The zero-order chi connectivity index (χ0) is 13.0. The third-order valence-corrected chi connectivity index (χ3v) is 5.81. The molecule has 0 spiro atoms. The molecule has 0 aromatic heterocycles. The molecule has 2 N–H and O–H groups in total. The molecular formula is C16H29NO. The minimum Gasteiger partial charge on any atom is -0.392 e. The van der Waals surface area contributed by atoms with E-state index in [1.54, 1.807) is 0 Å². The highest BCUT2D eigenvalue weighted by molar-refractivity contribution is 5.14. The summed E-state index contributed by atoms with van der Waals surface area (Å²) in [6.07, 6.45) is 9.04. The number of aliphatic hydroxyl groups is 1. The van der Waals surface area contributed by atoms with Crippen molar-refractivity contribution in [2.45, 2.75) is 77.4 Å². The smallest absolute Gasteiger partial charge is 0.0662 e. The molecule has 4 rings (SSSR count). The fourth-order valence-electron chi connectivity index (χ4n) is 6.12. The van der Waals surface area contributed by atoms with Crippen LogP contribution in [-0.2, 0) is 0 Å². The zero-order valence-corrected chi connectivity index (χ0v) is 12.3. The first kappa shape index (κ1) is 12.9. The van der Waals surface area contributed by atoms with E-state index in [1.165, 1.54) is 38.5 Å². The maximum absolute atomic E-state index is 9.83. The van der Waals surface area contributed by atoms with Crippen molar-refractivity contribution in [1.82, 2.24) is 5.32 Å². The molecule has 4 bridgehead atoms. The third kappa shape index (κ3) is 2.12. The van der Waals surface area contributed by atoms with E-state index in [0.29, 0.717) is 16.4 Å². The van der Waals surface area contributed by atoms with E-state index in [9.17, 15) is 5.11 Å². The zero-order valence-electron chi connectivity index (χ0n) is 12.3. The van der Waals surface area contributed by atoms with Crippen LogP contribution in [-0.4, -0.2) is 23.3 Å². The molecular weight excluding hydrogens is 222 g/mol. The Bertz CT molecular complexity index is 322. The molecule has 0 radical (unpaired) electrons. The molecule has 0 aromatic rings. The molecule has 0 aliphatic heterocycles. The predicted molar refractivity (Wildman–Crippen MR) is 74.4 cm³/mol. The standard InChI is InChI=1S/C16H29NO/c1-4-13(18)8-17-16-7-12-5-14(2,10-16)9-15(3,6-12)11-16/h12-13,17-18H,4-11H2,1-3H3. The monoisotopic (exact) mass is 251 g/mol. The average molecular weight is 251 g/mol. The molecule has 0 amide bonds. The summed E-state index contributed by atoms with van der Waals surface area (Å²) >= 11 is 0. The van der Waals surface area contributed by atoms with Crippen molar-refractivity contribution in [3.63, 3.8) is 0 Å². The number of β-amino-alcohol motifs (C(OH)–C–C–N with tert-alkyl or cyclic N) is 1. The second kappa shape index (κ2) is 3.96. The van der Waals surface area contributed by atoms with Crippen molar-refractivity contribution in [1.29, 1.82) is 0 Å². The number of aliphatic hydroxyl groups excluding tert-OH is 1. The molecule has 18 heavy (non-hydrogen) atoms. The second-order valence-corrected chi connectivity index (χ2v) is 8.35. The number of rotatable bonds is 4. The fourth-order valence-corrected chi connectivity index (χ4v) is 6.12. The Hall–Kier alpha value is -0.0800. The van der Waals surface area contributed by atoms with E-state index in [2.05, 4.69) is 26.1 Å². The van der Waals surface area contributed by atoms with Gasteiger partial charge in [-0.3, -0.25) is 0 Å². The summed E-state index contributed by atoms with van der Waals surface area (Å²) in [5.74, 6) is 0.933. The van der Waals surface area contributed by atoms with Crippen LogP contribution in [0.3, 0.4) is 0 Å². The Morgan fingerprint density at radius 1 is 1.11 bits per heavy atom. The number of hydrogen-bond donors (Lipinski definition) is 2. The molecule has 3 unspecified atom stereocenters. The minimum atomic E-state index is -0.168. The van der Waals surface area contributed by atoms with Crippen molar-refractivity contribution in [2.75, 3.05) is 6.54 Å². The first-order chi connectivity index (χ1) is 8.36. The minimum absolute atomic E-state index is 0.168. The van der Waals surface area contributed by atoms with Crippen molar-refractivity contribution in [3.05, 3.63) is 0 Å². The quantitative estimate of drug-likeness (QED) is 0.804. The van der Waals surface area contributed by atoms with E-state index < -0.39 is 0 Å². The Balaban J connectivity index is 1.76. The molecule has 3 atom stereocenters. The van der Waals surface area contributed by atoms with Crippen LogP contribution < -0.4 is 5.32 Å². The van der Waals surface area contributed by atoms with Crippen LogP contribution in [0.25, 0.3) is 0 Å². The first-order valence-electron chi connectivity index (χ1n) is 7.79. The van der Waals surface area contributed by atoms with Gasteiger partial charge in [-0.25, -0.2) is 0 Å². The molecule has 4 aliphatic rings. The van der Waals surface area contributed by atoms with Gasteiger partial charge in [0.25, 0.3) is 0 Å². The molecule has 4 saturated carbocycles. The van der Waals surface area contributed by atoms with Gasteiger partial charge in [0.2, 0.25) is 0 Å². The van der Waals surface area contributed by atoms with Crippen molar-refractivity contribution >= 4 is 0 Å². The summed E-state index contributed by atoms with van der Waals surface area (Å²) in [7, 11) is 0. The largest absolute Gasteiger partial charge is 0.392 e. The summed E-state index contributed by atoms with van der Waals surface area (Å²) in [4.78, 5) is 0. The van der Waals surface area contributed by atoms with Crippen LogP contribution >= 0.6 is 0 Å². The van der Waals surface area contributed by atoms with Crippen molar-refractivity contribution in [3.8, 4) is 0 Å². The molecule has 4 fully saturated rings. The van der Waals surface area contributed by atoms with Crippen molar-refractivity contribution in [2.24, 2.45) is 16.7 Å². The molecule has 2 heteroatoms. The third-order valence-electron chi connectivity index (χ3n) is 5.81. The summed E-state index contributed by atoms with van der Waals surface area (Å²) in [5, 5.41) is 13.6. The summed E-state index contributed by atoms with van der Waals surface area (Å²) in [6, 6.07) is 0. The van der Waals surface area contributed by atoms with Crippen LogP contribution in [0.5, 0.6) is 0 Å². The number of hydrogen-bond acceptors (Lipinski definition) is 2. The molecule has 104 valence electrons. The van der Waals surface area contributed by atoms with E-state index in [1.807, 2.05) is 0 Å². The Morgan fingerprint density at radius 3 is 2.22 bits per heavy atom. The van der Waals surface area contributed by atoms with Gasteiger partial charge in [0.1, 0.15) is 0 Å². The number of nitrogens with one attached hydrogen (secondary N) is 1. The summed E-state index contributed by atoms with van der Waals surface area (Å²) in [5.41, 5.74) is 1.48. The average Bonchev–Trinajstić information content (AvgIpc) is 2.21. The lowest BCUT2D eigenvalue weighted by atomic mass is 9.43. The van der Waals surface area contributed by atoms with Gasteiger partial charge < -0.3 is 10.4 Å². The van der Waals surface area contributed by atoms with Crippen LogP contribution in [0.1, 0.15) is 65.7 Å². The van der Waals surface area contributed by atoms with E-state index in [-0.39, 0.29) is 6.10 Å². The maximum atomic E-state index is 9.83. The van der Waals surface area contributed by atoms with Crippen LogP contribution in [0, 0.1) is 16.7 Å². The lowest BCUT2D eigenvalue weighted by Crippen LogP contribution is -2.64. The van der Waals surface area contributed by atoms with Gasteiger partial charge in [-0.05, 0) is 61.7 Å². The second-order valence-electron chi connectivity index (χ2n) is 8.35. The predicted octanol–water partition coefficient (Wildman–Crippen LogP) is 3.10. The van der Waals surface area contributed by atoms with Crippen LogP contribution in [0.2, 0.25) is 0 Å². The van der Waals surface area contributed by atoms with Gasteiger partial charge in [0.05, 0.1) is 6.10 Å². The molecule has 0 saturated heterocycles. The Morgan fingerprint density at radius 2 is 1.72 bits per heavy atom. The lowest BCUT2D eigenvalue weighted by molar-refractivity contribution is -0.119. The highest BCUT2D eigenvalue weighted by Crippen LogP contribution is 2.66. The fraction of sp³-hybridized carbons (Fsp3) is 1.00. The molecule has 2 nitrogen and oxygen atoms in total. The van der Waals surface area contributed by atoms with Gasteiger partial charge in [-0.15, -0.1) is 0 Å². The van der Waals surface area contributed by atoms with E-state index >= 15 is 0 Å².